The van der Waals surface area contributed by atoms with E-state index in [4.69, 9.17) is 22.7 Å². The summed E-state index contributed by atoms with van der Waals surface area (Å²) < 4.78 is 5.12. The summed E-state index contributed by atoms with van der Waals surface area (Å²) in [5.41, 5.74) is 5.41. The lowest BCUT2D eigenvalue weighted by molar-refractivity contribution is 0.0902. The van der Waals surface area contributed by atoms with Crippen molar-refractivity contribution in [1.29, 1.82) is 0 Å². The number of nitrogens with one attached hydrogen (secondary N) is 1. The van der Waals surface area contributed by atoms with Gasteiger partial charge in [0.1, 0.15) is 5.75 Å². The Morgan fingerprint density at radius 2 is 2.24 bits per heavy atom. The maximum absolute atomic E-state index is 12.4. The fourth-order valence-electron chi connectivity index (χ4n) is 2.84. The molecule has 4 nitrogen and oxygen atoms in total. The van der Waals surface area contributed by atoms with Crippen molar-refractivity contribution in [2.75, 3.05) is 7.11 Å². The molecule has 1 fully saturated rings. The molecule has 0 bridgehead atoms. The summed E-state index contributed by atoms with van der Waals surface area (Å²) in [5.74, 6) is 1.29. The van der Waals surface area contributed by atoms with E-state index in [1.54, 1.807) is 13.2 Å². The number of hydrogen-bond acceptors (Lipinski definition) is 4. The molecule has 0 atom stereocenters. The van der Waals surface area contributed by atoms with Crippen molar-refractivity contribution < 1.29 is 9.53 Å². The summed E-state index contributed by atoms with van der Waals surface area (Å²) in [5, 5.41) is 4.90. The van der Waals surface area contributed by atoms with Gasteiger partial charge in [-0.05, 0) is 31.6 Å². The van der Waals surface area contributed by atoms with E-state index in [1.165, 1.54) is 17.8 Å². The Kier molecular flexibility index (Phi) is 5.22. The van der Waals surface area contributed by atoms with E-state index in [-0.39, 0.29) is 5.91 Å². The van der Waals surface area contributed by atoms with Gasteiger partial charge in [-0.15, -0.1) is 11.3 Å². The van der Waals surface area contributed by atoms with Gasteiger partial charge in [-0.25, -0.2) is 0 Å². The fraction of sp³-hybridized carbons (Fsp3) is 0.600. The van der Waals surface area contributed by atoms with E-state index in [0.29, 0.717) is 21.5 Å². The second kappa shape index (κ2) is 6.75. The van der Waals surface area contributed by atoms with Gasteiger partial charge in [-0.1, -0.05) is 25.6 Å². The van der Waals surface area contributed by atoms with Crippen molar-refractivity contribution in [3.05, 3.63) is 16.3 Å². The van der Waals surface area contributed by atoms with Crippen LogP contribution in [0.15, 0.2) is 11.4 Å². The van der Waals surface area contributed by atoms with Gasteiger partial charge in [0.05, 0.1) is 22.5 Å². The Labute approximate surface area is 135 Å². The maximum Gasteiger partial charge on any atom is 0.262 e. The molecule has 0 aliphatic heterocycles. The molecule has 1 aromatic heterocycles. The Hall–Kier alpha value is -1.14. The van der Waals surface area contributed by atoms with E-state index in [0.717, 1.165) is 25.7 Å². The zero-order valence-corrected chi connectivity index (χ0v) is 14.1. The highest BCUT2D eigenvalue weighted by Gasteiger charge is 2.39. The van der Waals surface area contributed by atoms with Gasteiger partial charge in [0.15, 0.2) is 0 Å². The molecule has 0 radical (unpaired) electrons. The second-order valence-electron chi connectivity index (χ2n) is 5.60. The molecule has 0 aromatic carbocycles. The van der Waals surface area contributed by atoms with E-state index >= 15 is 0 Å². The van der Waals surface area contributed by atoms with Crippen LogP contribution in [0.5, 0.6) is 5.75 Å². The molecule has 1 aliphatic carbocycles. The van der Waals surface area contributed by atoms with Crippen LogP contribution in [0.25, 0.3) is 0 Å². The standard InChI is InChI=1S/C15H22N2O2S2/c1-3-10-4-6-15(7-5-10,14(16)20)17-13(18)12-8-11(19-2)9-21-12/h8-10H,3-7H2,1-2H3,(H2,16,20)(H,17,18). The monoisotopic (exact) mass is 326 g/mol. The number of hydrogen-bond donors (Lipinski definition) is 2. The third-order valence-electron chi connectivity index (χ3n) is 4.40. The van der Waals surface area contributed by atoms with Crippen LogP contribution in [0.4, 0.5) is 0 Å². The lowest BCUT2D eigenvalue weighted by atomic mass is 9.75. The summed E-state index contributed by atoms with van der Waals surface area (Å²) >= 11 is 6.61. The van der Waals surface area contributed by atoms with Crippen LogP contribution in [0.2, 0.25) is 0 Å². The molecule has 0 saturated heterocycles. The Morgan fingerprint density at radius 3 is 2.71 bits per heavy atom. The fourth-order valence-corrected chi connectivity index (χ4v) is 3.84. The molecular weight excluding hydrogens is 304 g/mol. The van der Waals surface area contributed by atoms with Crippen molar-refractivity contribution in [1.82, 2.24) is 5.32 Å². The zero-order valence-electron chi connectivity index (χ0n) is 12.5. The molecule has 3 N–H and O–H groups in total. The number of carbonyl (C=O) groups excluding carboxylic acids is 1. The van der Waals surface area contributed by atoms with Gasteiger partial charge >= 0.3 is 0 Å². The van der Waals surface area contributed by atoms with E-state index < -0.39 is 5.54 Å². The summed E-state index contributed by atoms with van der Waals surface area (Å²) in [6, 6.07) is 1.74. The van der Waals surface area contributed by atoms with E-state index in [9.17, 15) is 4.79 Å². The largest absolute Gasteiger partial charge is 0.496 e. The highest BCUT2D eigenvalue weighted by Crippen LogP contribution is 2.34. The van der Waals surface area contributed by atoms with Crippen molar-refractivity contribution in [3.8, 4) is 5.75 Å². The molecule has 6 heteroatoms. The minimum atomic E-state index is -0.532. The first-order chi connectivity index (χ1) is 10.0. The summed E-state index contributed by atoms with van der Waals surface area (Å²) in [4.78, 5) is 13.5. The second-order valence-corrected chi connectivity index (χ2v) is 6.95. The molecule has 1 heterocycles. The smallest absolute Gasteiger partial charge is 0.262 e. The molecule has 0 spiro atoms. The van der Waals surface area contributed by atoms with Crippen molar-refractivity contribution in [2.45, 2.75) is 44.6 Å². The normalized spacial score (nSPS) is 25.3. The van der Waals surface area contributed by atoms with E-state index in [2.05, 4.69) is 12.2 Å². The molecular formula is C15H22N2O2S2. The Bertz CT molecular complexity index is 519. The number of amides is 1. The first-order valence-corrected chi connectivity index (χ1v) is 8.54. The van der Waals surface area contributed by atoms with Gasteiger partial charge in [-0.2, -0.15) is 0 Å². The zero-order chi connectivity index (χ0) is 15.5. The van der Waals surface area contributed by atoms with Crippen molar-refractivity contribution in [2.24, 2.45) is 11.7 Å². The third kappa shape index (κ3) is 3.55. The summed E-state index contributed by atoms with van der Waals surface area (Å²) in [6.07, 6.45) is 4.94. The molecule has 1 aromatic rings. The number of methoxy groups -OCH3 is 1. The van der Waals surface area contributed by atoms with Crippen molar-refractivity contribution in [3.63, 3.8) is 0 Å². The van der Waals surface area contributed by atoms with Crippen LogP contribution in [0.3, 0.4) is 0 Å². The highest BCUT2D eigenvalue weighted by atomic mass is 32.1. The number of rotatable bonds is 5. The first kappa shape index (κ1) is 16.2. The number of thiophene rings is 1. The van der Waals surface area contributed by atoms with Gasteiger partial charge in [0, 0.05) is 11.4 Å². The highest BCUT2D eigenvalue weighted by molar-refractivity contribution is 7.80. The number of carbonyl (C=O) groups is 1. The quantitative estimate of drug-likeness (QED) is 0.816. The number of ether oxygens (including phenoxy) is 1. The lowest BCUT2D eigenvalue weighted by Gasteiger charge is -2.39. The van der Waals surface area contributed by atoms with Crippen LogP contribution < -0.4 is 15.8 Å². The minimum Gasteiger partial charge on any atom is -0.496 e. The molecule has 116 valence electrons. The molecule has 0 unspecified atom stereocenters. The van der Waals surface area contributed by atoms with Gasteiger partial charge in [0.25, 0.3) is 5.91 Å². The molecule has 21 heavy (non-hydrogen) atoms. The van der Waals surface area contributed by atoms with Gasteiger partial charge in [0.2, 0.25) is 0 Å². The van der Waals surface area contributed by atoms with Gasteiger partial charge in [-0.3, -0.25) is 4.79 Å². The topological polar surface area (TPSA) is 64.3 Å². The van der Waals surface area contributed by atoms with Crippen LogP contribution in [0, 0.1) is 5.92 Å². The van der Waals surface area contributed by atoms with Crippen LogP contribution >= 0.6 is 23.6 Å². The summed E-state index contributed by atoms with van der Waals surface area (Å²) in [6.45, 7) is 2.20. The predicted octanol–water partition coefficient (Wildman–Crippen LogP) is 3.11. The maximum atomic E-state index is 12.4. The Balaban J connectivity index is 2.09. The van der Waals surface area contributed by atoms with Crippen LogP contribution in [-0.2, 0) is 0 Å². The van der Waals surface area contributed by atoms with E-state index in [1.807, 2.05) is 5.38 Å². The van der Waals surface area contributed by atoms with Crippen molar-refractivity contribution >= 4 is 34.5 Å². The SMILES string of the molecule is CCC1CCC(NC(=O)c2cc(OC)cs2)(C(N)=S)CC1. The lowest BCUT2D eigenvalue weighted by Crippen LogP contribution is -2.58. The predicted molar refractivity (Wildman–Crippen MR) is 90.1 cm³/mol. The molecule has 1 aliphatic rings. The third-order valence-corrected chi connectivity index (χ3v) is 5.69. The minimum absolute atomic E-state index is 0.119. The van der Waals surface area contributed by atoms with Crippen LogP contribution in [0.1, 0.15) is 48.7 Å². The number of thiocarbonyl (C=S) groups is 1. The molecule has 1 saturated carbocycles. The van der Waals surface area contributed by atoms with Gasteiger partial charge < -0.3 is 15.8 Å². The summed E-state index contributed by atoms with van der Waals surface area (Å²) in [7, 11) is 1.59. The van der Waals surface area contributed by atoms with Crippen LogP contribution in [-0.4, -0.2) is 23.5 Å². The first-order valence-electron chi connectivity index (χ1n) is 7.25. The number of nitrogens with two attached hydrogens (primary N) is 1. The molecule has 1 amide bonds. The molecule has 2 rings (SSSR count). The average molecular weight is 326 g/mol. The Morgan fingerprint density at radius 1 is 1.57 bits per heavy atom. The average Bonchev–Trinajstić information content (AvgIpc) is 2.97.